The highest BCUT2D eigenvalue weighted by atomic mass is 16.6. The summed E-state index contributed by atoms with van der Waals surface area (Å²) in [7, 11) is 1.33. The van der Waals surface area contributed by atoms with Crippen LogP contribution in [-0.2, 0) is 27.4 Å². The Kier molecular flexibility index (Phi) is 5.75. The molecule has 1 saturated heterocycles. The highest BCUT2D eigenvalue weighted by molar-refractivity contribution is 5.96. The molecule has 1 fully saturated rings. The van der Waals surface area contributed by atoms with Crippen LogP contribution in [0.5, 0.6) is 0 Å². The van der Waals surface area contributed by atoms with Gasteiger partial charge in [-0.15, -0.1) is 6.58 Å². The van der Waals surface area contributed by atoms with Crippen molar-refractivity contribution in [3.05, 3.63) is 47.5 Å². The standard InChI is InChI=1S/C19H23N3O5/c1-3-7-20-17(23)14-6-4-5-12-10-22(11-15(12)14)19(25)27-13-8-16(21-9-13)18(24)26-2/h3-6,13,16,21H,1,7-11H2,2H3,(H,20,23)/t13-,16+/m1/s1. The molecule has 3 rings (SSSR count). The maximum atomic E-state index is 12.5. The lowest BCUT2D eigenvalue weighted by atomic mass is 10.0. The summed E-state index contributed by atoms with van der Waals surface area (Å²) >= 11 is 0. The van der Waals surface area contributed by atoms with Crippen LogP contribution in [0.4, 0.5) is 4.79 Å². The molecule has 1 aromatic carbocycles. The van der Waals surface area contributed by atoms with E-state index in [1.54, 1.807) is 23.1 Å². The summed E-state index contributed by atoms with van der Waals surface area (Å²) in [6.07, 6.45) is 1.15. The number of ether oxygens (including phenoxy) is 2. The molecule has 0 bridgehead atoms. The summed E-state index contributed by atoms with van der Waals surface area (Å²) in [4.78, 5) is 37.9. The third-order valence-electron chi connectivity index (χ3n) is 4.74. The zero-order valence-corrected chi connectivity index (χ0v) is 15.2. The van der Waals surface area contributed by atoms with Crippen molar-refractivity contribution in [2.75, 3.05) is 20.2 Å². The van der Waals surface area contributed by atoms with Gasteiger partial charge in [-0.2, -0.15) is 0 Å². The molecule has 144 valence electrons. The van der Waals surface area contributed by atoms with Crippen molar-refractivity contribution < 1.29 is 23.9 Å². The van der Waals surface area contributed by atoms with Crippen molar-refractivity contribution in [1.29, 1.82) is 0 Å². The lowest BCUT2D eigenvalue weighted by molar-refractivity contribution is -0.142. The number of nitrogens with one attached hydrogen (secondary N) is 2. The Morgan fingerprint density at radius 2 is 2.19 bits per heavy atom. The number of hydrogen-bond donors (Lipinski definition) is 2. The molecule has 0 radical (unpaired) electrons. The Morgan fingerprint density at radius 1 is 1.37 bits per heavy atom. The van der Waals surface area contributed by atoms with Crippen molar-refractivity contribution in [2.24, 2.45) is 0 Å². The molecule has 0 saturated carbocycles. The predicted octanol–water partition coefficient (Wildman–Crippen LogP) is 0.958. The minimum Gasteiger partial charge on any atom is -0.468 e. The Morgan fingerprint density at radius 3 is 2.93 bits per heavy atom. The van der Waals surface area contributed by atoms with Gasteiger partial charge in [0.05, 0.1) is 13.7 Å². The van der Waals surface area contributed by atoms with Gasteiger partial charge in [-0.05, 0) is 17.2 Å². The molecule has 0 unspecified atom stereocenters. The lowest BCUT2D eigenvalue weighted by Gasteiger charge is -2.18. The van der Waals surface area contributed by atoms with Crippen LogP contribution in [0.25, 0.3) is 0 Å². The monoisotopic (exact) mass is 373 g/mol. The van der Waals surface area contributed by atoms with Gasteiger partial charge in [-0.25, -0.2) is 4.79 Å². The van der Waals surface area contributed by atoms with E-state index in [1.807, 2.05) is 6.07 Å². The molecular formula is C19H23N3O5. The molecular weight excluding hydrogens is 350 g/mol. The van der Waals surface area contributed by atoms with E-state index in [0.717, 1.165) is 11.1 Å². The van der Waals surface area contributed by atoms with Gasteiger partial charge in [-0.1, -0.05) is 18.2 Å². The first-order valence-corrected chi connectivity index (χ1v) is 8.80. The smallest absolute Gasteiger partial charge is 0.410 e. The second-order valence-corrected chi connectivity index (χ2v) is 6.52. The van der Waals surface area contributed by atoms with Gasteiger partial charge in [0.25, 0.3) is 5.91 Å². The topological polar surface area (TPSA) is 97.0 Å². The predicted molar refractivity (Wildman–Crippen MR) is 96.9 cm³/mol. The van der Waals surface area contributed by atoms with E-state index in [-0.39, 0.29) is 18.0 Å². The molecule has 2 amide bonds. The highest BCUT2D eigenvalue weighted by Gasteiger charge is 2.35. The highest BCUT2D eigenvalue weighted by Crippen LogP contribution is 2.27. The molecule has 27 heavy (non-hydrogen) atoms. The van der Waals surface area contributed by atoms with Crippen LogP contribution >= 0.6 is 0 Å². The van der Waals surface area contributed by atoms with Crippen molar-refractivity contribution in [1.82, 2.24) is 15.5 Å². The maximum absolute atomic E-state index is 12.5. The minimum atomic E-state index is -0.457. The molecule has 8 heteroatoms. The molecule has 1 aromatic rings. The van der Waals surface area contributed by atoms with E-state index in [9.17, 15) is 14.4 Å². The van der Waals surface area contributed by atoms with E-state index in [0.29, 0.717) is 38.2 Å². The van der Waals surface area contributed by atoms with E-state index in [2.05, 4.69) is 17.2 Å². The van der Waals surface area contributed by atoms with Crippen LogP contribution in [0.1, 0.15) is 27.9 Å². The Balaban J connectivity index is 1.61. The number of hydrogen-bond acceptors (Lipinski definition) is 6. The van der Waals surface area contributed by atoms with Crippen molar-refractivity contribution >= 4 is 18.0 Å². The maximum Gasteiger partial charge on any atom is 0.410 e. The van der Waals surface area contributed by atoms with Gasteiger partial charge in [0.15, 0.2) is 0 Å². The van der Waals surface area contributed by atoms with Crippen LogP contribution in [0.2, 0.25) is 0 Å². The normalized spacial score (nSPS) is 20.7. The van der Waals surface area contributed by atoms with E-state index < -0.39 is 12.1 Å². The molecule has 2 atom stereocenters. The van der Waals surface area contributed by atoms with Crippen molar-refractivity contribution in [3.8, 4) is 0 Å². The van der Waals surface area contributed by atoms with Gasteiger partial charge >= 0.3 is 12.1 Å². The van der Waals surface area contributed by atoms with Crippen LogP contribution < -0.4 is 10.6 Å². The number of rotatable bonds is 5. The number of methoxy groups -OCH3 is 1. The third kappa shape index (κ3) is 4.11. The summed E-state index contributed by atoms with van der Waals surface area (Å²) < 4.78 is 10.2. The van der Waals surface area contributed by atoms with Crippen LogP contribution in [0.3, 0.4) is 0 Å². The average Bonchev–Trinajstić information content (AvgIpc) is 3.32. The zero-order valence-electron chi connectivity index (χ0n) is 15.2. The number of fused-ring (bicyclic) bond motifs is 1. The number of nitrogens with zero attached hydrogens (tertiary/aromatic N) is 1. The number of amides is 2. The van der Waals surface area contributed by atoms with E-state index >= 15 is 0 Å². The second kappa shape index (κ2) is 8.22. The van der Waals surface area contributed by atoms with Gasteiger partial charge < -0.3 is 20.1 Å². The fraction of sp³-hybridized carbons (Fsp3) is 0.421. The molecule has 8 nitrogen and oxygen atoms in total. The van der Waals surface area contributed by atoms with Gasteiger partial charge in [0.1, 0.15) is 12.1 Å². The third-order valence-corrected chi connectivity index (χ3v) is 4.74. The number of benzene rings is 1. The first-order chi connectivity index (χ1) is 13.0. The zero-order chi connectivity index (χ0) is 19.4. The minimum absolute atomic E-state index is 0.192. The molecule has 0 aromatic heterocycles. The van der Waals surface area contributed by atoms with Crippen LogP contribution in [0, 0.1) is 0 Å². The molecule has 0 aliphatic carbocycles. The van der Waals surface area contributed by atoms with E-state index in [1.165, 1.54) is 7.11 Å². The number of carbonyl (C=O) groups excluding carboxylic acids is 3. The quantitative estimate of drug-likeness (QED) is 0.589. The summed E-state index contributed by atoms with van der Waals surface area (Å²) in [6.45, 7) is 5.07. The van der Waals surface area contributed by atoms with Gasteiger partial charge in [0, 0.05) is 31.6 Å². The Hall–Kier alpha value is -2.87. The molecule has 2 aliphatic heterocycles. The summed E-state index contributed by atoms with van der Waals surface area (Å²) in [5, 5.41) is 5.74. The Bertz CT molecular complexity index is 764. The summed E-state index contributed by atoms with van der Waals surface area (Å²) in [5.41, 5.74) is 2.31. The number of esters is 1. The van der Waals surface area contributed by atoms with Gasteiger partial charge in [0.2, 0.25) is 0 Å². The molecule has 2 N–H and O–H groups in total. The first kappa shape index (κ1) is 18.9. The average molecular weight is 373 g/mol. The molecule has 0 spiro atoms. The van der Waals surface area contributed by atoms with E-state index in [4.69, 9.17) is 9.47 Å². The first-order valence-electron chi connectivity index (χ1n) is 8.80. The Labute approximate surface area is 157 Å². The van der Waals surface area contributed by atoms with Crippen molar-refractivity contribution in [2.45, 2.75) is 31.7 Å². The van der Waals surface area contributed by atoms with Gasteiger partial charge in [-0.3, -0.25) is 14.5 Å². The van der Waals surface area contributed by atoms with Crippen LogP contribution in [-0.4, -0.2) is 55.2 Å². The SMILES string of the molecule is C=CCNC(=O)c1cccc2c1CN(C(=O)O[C@H]1CN[C@H](C(=O)OC)C1)C2. The second-order valence-electron chi connectivity index (χ2n) is 6.52. The summed E-state index contributed by atoms with van der Waals surface area (Å²) in [5.74, 6) is -0.555. The largest absolute Gasteiger partial charge is 0.468 e. The fourth-order valence-corrected chi connectivity index (χ4v) is 3.36. The molecule has 2 heterocycles. The lowest BCUT2D eigenvalue weighted by Crippen LogP contribution is -2.31. The number of carbonyl (C=O) groups is 3. The molecule has 2 aliphatic rings. The fourth-order valence-electron chi connectivity index (χ4n) is 3.36. The summed E-state index contributed by atoms with van der Waals surface area (Å²) in [6, 6.07) is 4.99. The van der Waals surface area contributed by atoms with Crippen LogP contribution in [0.15, 0.2) is 30.9 Å². The van der Waals surface area contributed by atoms with Crippen molar-refractivity contribution in [3.63, 3.8) is 0 Å².